The van der Waals surface area contributed by atoms with Crippen LogP contribution in [-0.2, 0) is 9.53 Å². The Morgan fingerprint density at radius 1 is 1.38 bits per heavy atom. The molecule has 2 fully saturated rings. The lowest BCUT2D eigenvalue weighted by atomic mass is 9.98. The lowest BCUT2D eigenvalue weighted by Gasteiger charge is -2.46. The second-order valence-corrected chi connectivity index (χ2v) is 5.47. The van der Waals surface area contributed by atoms with Crippen molar-refractivity contribution >= 4 is 11.8 Å². The number of ether oxygens (including phenoxy) is 1. The summed E-state index contributed by atoms with van der Waals surface area (Å²) in [5.41, 5.74) is 0.585. The first-order valence-corrected chi connectivity index (χ1v) is 7.25. The van der Waals surface area contributed by atoms with Crippen LogP contribution >= 0.6 is 0 Å². The second-order valence-electron chi connectivity index (χ2n) is 5.47. The van der Waals surface area contributed by atoms with E-state index >= 15 is 0 Å². The van der Waals surface area contributed by atoms with Gasteiger partial charge in [0.1, 0.15) is 0 Å². The van der Waals surface area contributed by atoms with Crippen molar-refractivity contribution in [3.63, 3.8) is 0 Å². The summed E-state index contributed by atoms with van der Waals surface area (Å²) in [7, 11) is 0. The Hall–Kier alpha value is -1.95. The van der Waals surface area contributed by atoms with E-state index in [2.05, 4.69) is 4.98 Å². The molecule has 1 aromatic rings. The molecular formula is C15H19N3O3. The van der Waals surface area contributed by atoms with E-state index in [9.17, 15) is 9.59 Å². The quantitative estimate of drug-likeness (QED) is 0.757. The van der Waals surface area contributed by atoms with Gasteiger partial charge < -0.3 is 14.5 Å². The summed E-state index contributed by atoms with van der Waals surface area (Å²) < 4.78 is 5.75. The Labute approximate surface area is 123 Å². The van der Waals surface area contributed by atoms with Crippen molar-refractivity contribution in [2.45, 2.75) is 25.5 Å². The zero-order valence-electron chi connectivity index (χ0n) is 12.1. The standard InChI is InChI=1S/C15H19N3O3/c1-11(19)18-7-8-21-14-4-6-17(10-13(14)18)15(20)12-3-2-5-16-9-12/h2-3,5,9,13-14H,4,6-8,10H2,1H3/t13-,14-/m0/s1. The molecule has 0 aromatic carbocycles. The zero-order valence-corrected chi connectivity index (χ0v) is 12.1. The van der Waals surface area contributed by atoms with Crippen LogP contribution in [0, 0.1) is 0 Å². The molecule has 0 radical (unpaired) electrons. The summed E-state index contributed by atoms with van der Waals surface area (Å²) in [6.45, 7) is 3.94. The summed E-state index contributed by atoms with van der Waals surface area (Å²) in [5, 5.41) is 0. The van der Waals surface area contributed by atoms with Crippen molar-refractivity contribution in [3.05, 3.63) is 30.1 Å². The summed E-state index contributed by atoms with van der Waals surface area (Å²) >= 11 is 0. The minimum absolute atomic E-state index is 0.0318. The number of hydrogen-bond donors (Lipinski definition) is 0. The van der Waals surface area contributed by atoms with E-state index in [0.29, 0.717) is 31.8 Å². The molecule has 2 amide bonds. The molecule has 0 N–H and O–H groups in total. The van der Waals surface area contributed by atoms with Crippen LogP contribution in [-0.4, -0.2) is 65.0 Å². The highest BCUT2D eigenvalue weighted by atomic mass is 16.5. The topological polar surface area (TPSA) is 62.7 Å². The fourth-order valence-corrected chi connectivity index (χ4v) is 3.12. The summed E-state index contributed by atoms with van der Waals surface area (Å²) in [4.78, 5) is 31.9. The maximum atomic E-state index is 12.5. The first-order chi connectivity index (χ1) is 10.2. The third kappa shape index (κ3) is 2.76. The van der Waals surface area contributed by atoms with Gasteiger partial charge >= 0.3 is 0 Å². The second kappa shape index (κ2) is 5.81. The fraction of sp³-hybridized carbons (Fsp3) is 0.533. The number of hydrogen-bond acceptors (Lipinski definition) is 4. The largest absolute Gasteiger partial charge is 0.374 e. The van der Waals surface area contributed by atoms with Crippen LogP contribution in [0.2, 0.25) is 0 Å². The van der Waals surface area contributed by atoms with Crippen LogP contribution in [0.1, 0.15) is 23.7 Å². The predicted octanol–water partition coefficient (Wildman–Crippen LogP) is 0.543. The molecule has 0 spiro atoms. The highest BCUT2D eigenvalue weighted by molar-refractivity contribution is 5.94. The van der Waals surface area contributed by atoms with Crippen molar-refractivity contribution in [2.24, 2.45) is 0 Å². The van der Waals surface area contributed by atoms with Crippen molar-refractivity contribution < 1.29 is 14.3 Å². The van der Waals surface area contributed by atoms with Gasteiger partial charge in [0.15, 0.2) is 0 Å². The van der Waals surface area contributed by atoms with Crippen molar-refractivity contribution in [1.29, 1.82) is 0 Å². The number of fused-ring (bicyclic) bond motifs is 1. The highest BCUT2D eigenvalue weighted by Gasteiger charge is 2.39. The number of nitrogens with zero attached hydrogens (tertiary/aromatic N) is 3. The minimum Gasteiger partial charge on any atom is -0.374 e. The number of carbonyl (C=O) groups excluding carboxylic acids is 2. The average Bonchev–Trinajstić information content (AvgIpc) is 2.53. The Balaban J connectivity index is 1.75. The normalized spacial score (nSPS) is 25.4. The Bertz CT molecular complexity index is 534. The molecule has 2 saturated heterocycles. The molecule has 6 nitrogen and oxygen atoms in total. The number of piperidine rings is 1. The van der Waals surface area contributed by atoms with E-state index in [1.165, 1.54) is 0 Å². The molecule has 2 aliphatic rings. The van der Waals surface area contributed by atoms with Gasteiger partial charge in [-0.3, -0.25) is 14.6 Å². The van der Waals surface area contributed by atoms with E-state index in [-0.39, 0.29) is 24.0 Å². The van der Waals surface area contributed by atoms with Gasteiger partial charge in [0.25, 0.3) is 5.91 Å². The molecule has 2 atom stereocenters. The molecule has 3 rings (SSSR count). The molecule has 0 unspecified atom stereocenters. The number of likely N-dealkylation sites (tertiary alicyclic amines) is 1. The third-order valence-electron chi connectivity index (χ3n) is 4.18. The van der Waals surface area contributed by atoms with E-state index in [0.717, 1.165) is 6.42 Å². The van der Waals surface area contributed by atoms with Gasteiger partial charge in [-0.15, -0.1) is 0 Å². The lowest BCUT2D eigenvalue weighted by molar-refractivity contribution is -0.149. The van der Waals surface area contributed by atoms with Gasteiger partial charge in [0, 0.05) is 39.0 Å². The molecule has 21 heavy (non-hydrogen) atoms. The van der Waals surface area contributed by atoms with E-state index in [1.54, 1.807) is 36.4 Å². The number of pyridine rings is 1. The van der Waals surface area contributed by atoms with E-state index in [4.69, 9.17) is 4.74 Å². The number of aromatic nitrogens is 1. The molecule has 1 aromatic heterocycles. The fourth-order valence-electron chi connectivity index (χ4n) is 3.12. The number of rotatable bonds is 1. The molecule has 112 valence electrons. The molecule has 0 aliphatic carbocycles. The van der Waals surface area contributed by atoms with Crippen LogP contribution in [0.25, 0.3) is 0 Å². The Morgan fingerprint density at radius 3 is 2.95 bits per heavy atom. The maximum absolute atomic E-state index is 12.5. The van der Waals surface area contributed by atoms with Crippen molar-refractivity contribution in [2.75, 3.05) is 26.2 Å². The van der Waals surface area contributed by atoms with E-state index < -0.39 is 0 Å². The van der Waals surface area contributed by atoms with Gasteiger partial charge in [0.05, 0.1) is 24.3 Å². The minimum atomic E-state index is -0.0365. The first-order valence-electron chi connectivity index (χ1n) is 7.25. The highest BCUT2D eigenvalue weighted by Crippen LogP contribution is 2.24. The van der Waals surface area contributed by atoms with Gasteiger partial charge in [-0.25, -0.2) is 0 Å². The van der Waals surface area contributed by atoms with Crippen LogP contribution in [0.3, 0.4) is 0 Å². The molecule has 0 saturated carbocycles. The van der Waals surface area contributed by atoms with Crippen molar-refractivity contribution in [3.8, 4) is 0 Å². The molecular weight excluding hydrogens is 270 g/mol. The number of carbonyl (C=O) groups is 2. The maximum Gasteiger partial charge on any atom is 0.255 e. The first kappa shape index (κ1) is 14.0. The lowest BCUT2D eigenvalue weighted by Crippen LogP contribution is -2.61. The average molecular weight is 289 g/mol. The van der Waals surface area contributed by atoms with Crippen LogP contribution in [0.5, 0.6) is 0 Å². The summed E-state index contributed by atoms with van der Waals surface area (Å²) in [6, 6.07) is 3.48. The van der Waals surface area contributed by atoms with Crippen molar-refractivity contribution in [1.82, 2.24) is 14.8 Å². The summed E-state index contributed by atoms with van der Waals surface area (Å²) in [5.74, 6) is 0.0135. The van der Waals surface area contributed by atoms with Crippen LogP contribution < -0.4 is 0 Å². The third-order valence-corrected chi connectivity index (χ3v) is 4.18. The smallest absolute Gasteiger partial charge is 0.255 e. The monoisotopic (exact) mass is 289 g/mol. The SMILES string of the molecule is CC(=O)N1CCO[C@H]2CCN(C(=O)c3cccnc3)C[C@@H]21. The van der Waals surface area contributed by atoms with E-state index in [1.807, 2.05) is 4.90 Å². The number of amides is 2. The predicted molar refractivity (Wildman–Crippen MR) is 75.7 cm³/mol. The van der Waals surface area contributed by atoms with Gasteiger partial charge in [-0.2, -0.15) is 0 Å². The van der Waals surface area contributed by atoms with Crippen LogP contribution in [0.4, 0.5) is 0 Å². The van der Waals surface area contributed by atoms with Crippen LogP contribution in [0.15, 0.2) is 24.5 Å². The van der Waals surface area contributed by atoms with Gasteiger partial charge in [-0.05, 0) is 18.6 Å². The Kier molecular flexibility index (Phi) is 3.88. The Morgan fingerprint density at radius 2 is 2.24 bits per heavy atom. The summed E-state index contributed by atoms with van der Waals surface area (Å²) in [6.07, 6.45) is 4.03. The molecule has 2 aliphatic heterocycles. The molecule has 3 heterocycles. The van der Waals surface area contributed by atoms with Gasteiger partial charge in [0.2, 0.25) is 5.91 Å². The number of morpholine rings is 1. The van der Waals surface area contributed by atoms with Gasteiger partial charge in [-0.1, -0.05) is 0 Å². The molecule has 0 bridgehead atoms. The molecule has 6 heteroatoms. The zero-order chi connectivity index (χ0) is 14.8.